The van der Waals surface area contributed by atoms with Crippen LogP contribution in [0.3, 0.4) is 0 Å². The van der Waals surface area contributed by atoms with Crippen molar-refractivity contribution in [2.24, 2.45) is 5.92 Å². The molecule has 0 bridgehead atoms. The second-order valence-electron chi connectivity index (χ2n) is 6.31. The number of hydrogen-bond acceptors (Lipinski definition) is 5. The molecule has 0 unspecified atom stereocenters. The van der Waals surface area contributed by atoms with Gasteiger partial charge in [-0.2, -0.15) is 0 Å². The highest BCUT2D eigenvalue weighted by molar-refractivity contribution is 7.51. The van der Waals surface area contributed by atoms with Crippen molar-refractivity contribution in [3.63, 3.8) is 0 Å². The minimum absolute atomic E-state index is 0.0408. The third kappa shape index (κ3) is 4.42. The van der Waals surface area contributed by atoms with Crippen LogP contribution in [-0.2, 0) is 4.57 Å². The summed E-state index contributed by atoms with van der Waals surface area (Å²) in [5.74, 6) is 1.76. The summed E-state index contributed by atoms with van der Waals surface area (Å²) >= 11 is 6.19. The number of halogens is 1. The summed E-state index contributed by atoms with van der Waals surface area (Å²) in [6.45, 7) is 1.57. The number of hydrogen-bond donors (Lipinski definition) is 2. The second kappa shape index (κ2) is 7.46. The van der Waals surface area contributed by atoms with Crippen LogP contribution < -0.4 is 9.64 Å². The first-order valence-corrected chi connectivity index (χ1v) is 10.3. The quantitative estimate of drug-likeness (QED) is 0.763. The van der Waals surface area contributed by atoms with Gasteiger partial charge in [0.15, 0.2) is 0 Å². The number of rotatable bonds is 5. The summed E-state index contributed by atoms with van der Waals surface area (Å²) in [6.07, 6.45) is 3.80. The van der Waals surface area contributed by atoms with Gasteiger partial charge in [-0.05, 0) is 31.2 Å². The largest absolute Gasteiger partial charge is 0.494 e. The molecule has 3 rings (SSSR count). The van der Waals surface area contributed by atoms with E-state index in [1.54, 1.807) is 13.2 Å². The lowest BCUT2D eigenvalue weighted by atomic mass is 9.94. The topological polar surface area (TPSA) is 95.8 Å². The van der Waals surface area contributed by atoms with E-state index >= 15 is 0 Å². The Kier molecular flexibility index (Phi) is 5.49. The maximum absolute atomic E-state index is 11.0. The zero-order valence-corrected chi connectivity index (χ0v) is 15.6. The van der Waals surface area contributed by atoms with Gasteiger partial charge in [-0.3, -0.25) is 4.57 Å². The number of methoxy groups -OCH3 is 1. The molecule has 2 N–H and O–H groups in total. The van der Waals surface area contributed by atoms with Crippen molar-refractivity contribution in [1.29, 1.82) is 0 Å². The average molecular weight is 386 g/mol. The molecule has 1 aromatic carbocycles. The monoisotopic (exact) mass is 385 g/mol. The molecule has 1 aliphatic rings. The zero-order chi connectivity index (χ0) is 18.0. The number of piperidine rings is 1. The fraction of sp³-hybridized carbons (Fsp3) is 0.500. The molecule has 0 atom stereocenters. The van der Waals surface area contributed by atoms with E-state index in [9.17, 15) is 4.57 Å². The first-order chi connectivity index (χ1) is 11.9. The predicted octanol–water partition coefficient (Wildman–Crippen LogP) is 3.08. The van der Waals surface area contributed by atoms with Gasteiger partial charge in [-0.15, -0.1) is 0 Å². The fourth-order valence-electron chi connectivity index (χ4n) is 3.28. The predicted molar refractivity (Wildman–Crippen MR) is 97.6 cm³/mol. The van der Waals surface area contributed by atoms with Crippen molar-refractivity contribution in [3.05, 3.63) is 23.5 Å². The van der Waals surface area contributed by atoms with E-state index in [0.29, 0.717) is 23.1 Å². The summed E-state index contributed by atoms with van der Waals surface area (Å²) in [5, 5.41) is 1.41. The average Bonchev–Trinajstić information content (AvgIpc) is 2.58. The van der Waals surface area contributed by atoms with Crippen molar-refractivity contribution in [3.8, 4) is 5.75 Å². The van der Waals surface area contributed by atoms with Crippen LogP contribution >= 0.6 is 19.2 Å². The van der Waals surface area contributed by atoms with Gasteiger partial charge < -0.3 is 19.4 Å². The lowest BCUT2D eigenvalue weighted by molar-refractivity contribution is 0.350. The van der Waals surface area contributed by atoms with Gasteiger partial charge in [-0.25, -0.2) is 9.97 Å². The van der Waals surface area contributed by atoms with Crippen LogP contribution in [0, 0.1) is 5.92 Å². The molecule has 2 aromatic rings. The maximum Gasteiger partial charge on any atom is 0.325 e. The lowest BCUT2D eigenvalue weighted by Gasteiger charge is -2.33. The number of nitrogens with zero attached hydrogens (tertiary/aromatic N) is 3. The van der Waals surface area contributed by atoms with Gasteiger partial charge in [0, 0.05) is 29.6 Å². The van der Waals surface area contributed by atoms with Crippen LogP contribution in [0.25, 0.3) is 10.9 Å². The van der Waals surface area contributed by atoms with Crippen LogP contribution in [0.5, 0.6) is 5.75 Å². The standard InChI is InChI=1S/C16H21ClN3O4P/c1-24-14-9-12(17)8-13-15(14)18-10-19-16(13)20-5-2-11(3-6-20)4-7-25(21,22)23/h8-11H,2-7H2,1H3,(H2,21,22,23). The SMILES string of the molecule is COc1cc(Cl)cc2c(N3CCC(CCP(=O)(O)O)CC3)ncnc12. The van der Waals surface area contributed by atoms with E-state index < -0.39 is 7.60 Å². The normalized spacial score (nSPS) is 16.4. The van der Waals surface area contributed by atoms with E-state index in [4.69, 9.17) is 26.1 Å². The van der Waals surface area contributed by atoms with Gasteiger partial charge in [0.25, 0.3) is 0 Å². The summed E-state index contributed by atoms with van der Waals surface area (Å²) in [5.41, 5.74) is 0.723. The Labute approximate surface area is 151 Å². The lowest BCUT2D eigenvalue weighted by Crippen LogP contribution is -2.34. The molecule has 2 heterocycles. The Balaban J connectivity index is 1.78. The summed E-state index contributed by atoms with van der Waals surface area (Å²) < 4.78 is 16.4. The third-order valence-electron chi connectivity index (χ3n) is 4.61. The first kappa shape index (κ1) is 18.4. The Hall–Kier alpha value is -1.40. The van der Waals surface area contributed by atoms with Gasteiger partial charge in [0.1, 0.15) is 23.4 Å². The minimum Gasteiger partial charge on any atom is -0.494 e. The van der Waals surface area contributed by atoms with Gasteiger partial charge in [0.2, 0.25) is 0 Å². The highest BCUT2D eigenvalue weighted by atomic mass is 35.5. The molecular formula is C16H21ClN3O4P. The second-order valence-corrected chi connectivity index (χ2v) is 8.52. The minimum atomic E-state index is -3.92. The molecule has 1 aromatic heterocycles. The van der Waals surface area contributed by atoms with Crippen LogP contribution in [0.4, 0.5) is 5.82 Å². The maximum atomic E-state index is 11.0. The van der Waals surface area contributed by atoms with Gasteiger partial charge in [-0.1, -0.05) is 11.6 Å². The highest BCUT2D eigenvalue weighted by Crippen LogP contribution is 2.39. The molecular weight excluding hydrogens is 365 g/mol. The Morgan fingerprint density at radius 2 is 2.04 bits per heavy atom. The first-order valence-electron chi connectivity index (χ1n) is 8.15. The summed E-state index contributed by atoms with van der Waals surface area (Å²) in [7, 11) is -2.33. The Morgan fingerprint density at radius 3 is 2.68 bits per heavy atom. The third-order valence-corrected chi connectivity index (χ3v) is 5.67. The van der Waals surface area contributed by atoms with E-state index in [-0.39, 0.29) is 6.16 Å². The number of fused-ring (bicyclic) bond motifs is 1. The molecule has 9 heteroatoms. The number of ether oxygens (including phenoxy) is 1. The van der Waals surface area contributed by atoms with Crippen molar-refractivity contribution >= 4 is 35.9 Å². The molecule has 1 aliphatic heterocycles. The van der Waals surface area contributed by atoms with Crippen molar-refractivity contribution in [2.45, 2.75) is 19.3 Å². The Bertz CT molecular complexity index is 805. The van der Waals surface area contributed by atoms with Crippen molar-refractivity contribution in [2.75, 3.05) is 31.3 Å². The molecule has 1 fully saturated rings. The smallest absolute Gasteiger partial charge is 0.325 e. The summed E-state index contributed by atoms with van der Waals surface area (Å²) in [4.78, 5) is 29.0. The molecule has 0 amide bonds. The number of benzene rings is 1. The van der Waals surface area contributed by atoms with Gasteiger partial charge >= 0.3 is 7.60 Å². The van der Waals surface area contributed by atoms with Crippen LogP contribution in [0.2, 0.25) is 5.02 Å². The van der Waals surface area contributed by atoms with Crippen molar-refractivity contribution < 1.29 is 19.1 Å². The fourth-order valence-corrected chi connectivity index (χ4v) is 4.19. The summed E-state index contributed by atoms with van der Waals surface area (Å²) in [6, 6.07) is 3.57. The molecule has 0 radical (unpaired) electrons. The zero-order valence-electron chi connectivity index (χ0n) is 13.9. The van der Waals surface area contributed by atoms with Crippen LogP contribution in [-0.4, -0.2) is 46.1 Å². The molecule has 0 aliphatic carbocycles. The molecule has 7 nitrogen and oxygen atoms in total. The molecule has 0 saturated carbocycles. The molecule has 0 spiro atoms. The van der Waals surface area contributed by atoms with Crippen LogP contribution in [0.15, 0.2) is 18.5 Å². The molecule has 136 valence electrons. The van der Waals surface area contributed by atoms with E-state index in [1.165, 1.54) is 6.33 Å². The van der Waals surface area contributed by atoms with Crippen LogP contribution in [0.1, 0.15) is 19.3 Å². The van der Waals surface area contributed by atoms with E-state index in [2.05, 4.69) is 14.9 Å². The number of anilines is 1. The number of aromatic nitrogens is 2. The Morgan fingerprint density at radius 1 is 1.32 bits per heavy atom. The molecule has 25 heavy (non-hydrogen) atoms. The highest BCUT2D eigenvalue weighted by Gasteiger charge is 2.24. The van der Waals surface area contributed by atoms with Gasteiger partial charge in [0.05, 0.1) is 13.3 Å². The molecule has 1 saturated heterocycles. The van der Waals surface area contributed by atoms with E-state index in [1.807, 2.05) is 6.07 Å². The van der Waals surface area contributed by atoms with Crippen molar-refractivity contribution in [1.82, 2.24) is 9.97 Å². The van der Waals surface area contributed by atoms with E-state index in [0.717, 1.165) is 42.7 Å².